The molecule has 1 fully saturated rings. The van der Waals surface area contributed by atoms with E-state index in [-0.39, 0.29) is 17.5 Å². The van der Waals surface area contributed by atoms with Crippen LogP contribution in [0, 0.1) is 0 Å². The molecule has 3 aromatic rings. The van der Waals surface area contributed by atoms with Crippen molar-refractivity contribution in [3.8, 4) is 11.1 Å². The average molecular weight is 437 g/mol. The van der Waals surface area contributed by atoms with E-state index >= 15 is 0 Å². The highest BCUT2D eigenvalue weighted by atomic mass is 35.5. The van der Waals surface area contributed by atoms with Crippen LogP contribution in [-0.2, 0) is 11.0 Å². The molecule has 1 aliphatic rings. The molecule has 2 aromatic carbocycles. The third kappa shape index (κ3) is 4.03. The van der Waals surface area contributed by atoms with Gasteiger partial charge in [-0.05, 0) is 48.6 Å². The quantitative estimate of drug-likeness (QED) is 0.447. The van der Waals surface area contributed by atoms with E-state index in [2.05, 4.69) is 4.98 Å². The van der Waals surface area contributed by atoms with Gasteiger partial charge in [0.15, 0.2) is 5.58 Å². The van der Waals surface area contributed by atoms with Crippen molar-refractivity contribution in [2.24, 2.45) is 0 Å². The van der Waals surface area contributed by atoms with Gasteiger partial charge >= 0.3 is 6.18 Å². The number of hydrogen-bond acceptors (Lipinski definition) is 3. The number of fused-ring (bicyclic) bond motifs is 1. The summed E-state index contributed by atoms with van der Waals surface area (Å²) in [4.78, 5) is 18.7. The van der Waals surface area contributed by atoms with Crippen molar-refractivity contribution in [1.29, 1.82) is 0 Å². The van der Waals surface area contributed by atoms with E-state index in [0.29, 0.717) is 47.8 Å². The Morgan fingerprint density at radius 2 is 2.03 bits per heavy atom. The third-order valence-electron chi connectivity index (χ3n) is 5.33. The normalized spacial score (nSPS) is 17.1. The van der Waals surface area contributed by atoms with E-state index in [1.54, 1.807) is 29.2 Å². The summed E-state index contributed by atoms with van der Waals surface area (Å²) in [6.07, 6.45) is -1.88. The number of aromatic nitrogens is 1. The molecule has 0 bridgehead atoms. The first-order valence-electron chi connectivity index (χ1n) is 9.81. The molecule has 0 N–H and O–H groups in total. The van der Waals surface area contributed by atoms with E-state index in [0.717, 1.165) is 18.9 Å². The molecule has 158 valence electrons. The SMILES string of the molecule is O=C(CCCCl)N1CCC[C@@H]1c1nc2cc(-c3ccccc3C(F)(F)F)ccc2o1. The Balaban J connectivity index is 1.66. The van der Waals surface area contributed by atoms with Crippen LogP contribution in [0.5, 0.6) is 0 Å². The molecule has 4 nitrogen and oxygen atoms in total. The molecule has 30 heavy (non-hydrogen) atoms. The van der Waals surface area contributed by atoms with Crippen molar-refractivity contribution < 1.29 is 22.4 Å². The topological polar surface area (TPSA) is 46.3 Å². The summed E-state index contributed by atoms with van der Waals surface area (Å²) in [7, 11) is 0. The average Bonchev–Trinajstić information content (AvgIpc) is 3.37. The number of nitrogens with zero attached hydrogens (tertiary/aromatic N) is 2. The minimum atomic E-state index is -4.45. The third-order valence-corrected chi connectivity index (χ3v) is 5.60. The van der Waals surface area contributed by atoms with Gasteiger partial charge in [0.1, 0.15) is 11.6 Å². The molecule has 0 unspecified atom stereocenters. The monoisotopic (exact) mass is 436 g/mol. The highest BCUT2D eigenvalue weighted by molar-refractivity contribution is 6.17. The number of amides is 1. The molecule has 1 saturated heterocycles. The lowest BCUT2D eigenvalue weighted by molar-refractivity contribution is -0.137. The van der Waals surface area contributed by atoms with Gasteiger partial charge in [0.05, 0.1) is 5.56 Å². The minimum Gasteiger partial charge on any atom is -0.438 e. The molecule has 0 aliphatic carbocycles. The van der Waals surface area contributed by atoms with Gasteiger partial charge in [-0.15, -0.1) is 11.6 Å². The van der Waals surface area contributed by atoms with Crippen LogP contribution >= 0.6 is 11.6 Å². The minimum absolute atomic E-state index is 0.0141. The van der Waals surface area contributed by atoms with Gasteiger partial charge in [0, 0.05) is 18.8 Å². The van der Waals surface area contributed by atoms with Crippen LogP contribution in [0.4, 0.5) is 13.2 Å². The largest absolute Gasteiger partial charge is 0.438 e. The number of halogens is 4. The van der Waals surface area contributed by atoms with E-state index in [1.807, 2.05) is 0 Å². The second kappa shape index (κ2) is 8.30. The predicted octanol–water partition coefficient (Wildman–Crippen LogP) is 6.20. The number of alkyl halides is 4. The fraction of sp³-hybridized carbons (Fsp3) is 0.364. The first kappa shape index (κ1) is 20.7. The Hall–Kier alpha value is -2.54. The van der Waals surface area contributed by atoms with Crippen LogP contribution in [-0.4, -0.2) is 28.2 Å². The van der Waals surface area contributed by atoms with Crippen molar-refractivity contribution in [3.05, 3.63) is 53.9 Å². The van der Waals surface area contributed by atoms with Crippen LogP contribution in [0.3, 0.4) is 0 Å². The van der Waals surface area contributed by atoms with Gasteiger partial charge in [-0.1, -0.05) is 24.3 Å². The van der Waals surface area contributed by atoms with E-state index in [4.69, 9.17) is 16.0 Å². The molecule has 1 aromatic heterocycles. The Labute approximate surface area is 176 Å². The zero-order valence-corrected chi connectivity index (χ0v) is 16.8. The van der Waals surface area contributed by atoms with Crippen LogP contribution in [0.25, 0.3) is 22.2 Å². The van der Waals surface area contributed by atoms with Crippen LogP contribution < -0.4 is 0 Å². The van der Waals surface area contributed by atoms with Gasteiger partial charge in [0.2, 0.25) is 11.8 Å². The maximum atomic E-state index is 13.4. The maximum Gasteiger partial charge on any atom is 0.417 e. The number of rotatable bonds is 5. The molecule has 1 aliphatic heterocycles. The Morgan fingerprint density at radius 3 is 2.80 bits per heavy atom. The van der Waals surface area contributed by atoms with Gasteiger partial charge in [-0.25, -0.2) is 4.98 Å². The Kier molecular flexibility index (Phi) is 5.73. The lowest BCUT2D eigenvalue weighted by Crippen LogP contribution is -2.30. The molecule has 8 heteroatoms. The molecule has 2 heterocycles. The summed E-state index contributed by atoms with van der Waals surface area (Å²) in [5, 5.41) is 0. The fourth-order valence-electron chi connectivity index (χ4n) is 3.92. The highest BCUT2D eigenvalue weighted by Gasteiger charge is 2.34. The van der Waals surface area contributed by atoms with E-state index < -0.39 is 11.7 Å². The van der Waals surface area contributed by atoms with Crippen molar-refractivity contribution in [3.63, 3.8) is 0 Å². The van der Waals surface area contributed by atoms with Crippen LogP contribution in [0.2, 0.25) is 0 Å². The number of oxazole rings is 1. The smallest absolute Gasteiger partial charge is 0.417 e. The summed E-state index contributed by atoms with van der Waals surface area (Å²) in [6, 6.07) is 10.0. The van der Waals surface area contributed by atoms with Gasteiger partial charge in [-0.3, -0.25) is 4.79 Å². The Morgan fingerprint density at radius 1 is 1.23 bits per heavy atom. The van der Waals surface area contributed by atoms with Crippen molar-refractivity contribution in [2.75, 3.05) is 12.4 Å². The Bertz CT molecular complexity index is 1060. The highest BCUT2D eigenvalue weighted by Crippen LogP contribution is 2.39. The summed E-state index contributed by atoms with van der Waals surface area (Å²) in [5.41, 5.74) is 0.768. The number of benzene rings is 2. The number of carbonyl (C=O) groups is 1. The lowest BCUT2D eigenvalue weighted by atomic mass is 9.99. The molecule has 4 rings (SSSR count). The van der Waals surface area contributed by atoms with Crippen LogP contribution in [0.1, 0.15) is 43.2 Å². The van der Waals surface area contributed by atoms with Gasteiger partial charge in [-0.2, -0.15) is 13.2 Å². The zero-order chi connectivity index (χ0) is 21.3. The van der Waals surface area contributed by atoms with Gasteiger partial charge < -0.3 is 9.32 Å². The summed E-state index contributed by atoms with van der Waals surface area (Å²) in [5.74, 6) is 0.859. The molecular formula is C22H20ClF3N2O2. The van der Waals surface area contributed by atoms with Crippen molar-refractivity contribution in [1.82, 2.24) is 9.88 Å². The summed E-state index contributed by atoms with van der Waals surface area (Å²) < 4.78 is 46.0. The van der Waals surface area contributed by atoms with Crippen molar-refractivity contribution >= 4 is 28.6 Å². The van der Waals surface area contributed by atoms with Gasteiger partial charge in [0.25, 0.3) is 0 Å². The summed E-state index contributed by atoms with van der Waals surface area (Å²) >= 11 is 5.69. The van der Waals surface area contributed by atoms with E-state index in [9.17, 15) is 18.0 Å². The number of hydrogen-bond donors (Lipinski definition) is 0. The number of carbonyl (C=O) groups excluding carboxylic acids is 1. The second-order valence-corrected chi connectivity index (χ2v) is 7.69. The maximum absolute atomic E-state index is 13.4. The lowest BCUT2D eigenvalue weighted by Gasteiger charge is -2.22. The van der Waals surface area contributed by atoms with E-state index in [1.165, 1.54) is 12.1 Å². The first-order valence-corrected chi connectivity index (χ1v) is 10.3. The predicted molar refractivity (Wildman–Crippen MR) is 108 cm³/mol. The second-order valence-electron chi connectivity index (χ2n) is 7.32. The zero-order valence-electron chi connectivity index (χ0n) is 16.1. The number of likely N-dealkylation sites (tertiary alicyclic amines) is 1. The molecule has 0 spiro atoms. The molecular weight excluding hydrogens is 417 g/mol. The van der Waals surface area contributed by atoms with Crippen molar-refractivity contribution in [2.45, 2.75) is 37.9 Å². The fourth-order valence-corrected chi connectivity index (χ4v) is 4.05. The summed E-state index contributed by atoms with van der Waals surface area (Å²) in [6.45, 7) is 0.634. The molecule has 1 atom stereocenters. The van der Waals surface area contributed by atoms with Crippen LogP contribution in [0.15, 0.2) is 46.9 Å². The standard InChI is InChI=1S/C22H20ClF3N2O2/c23-11-3-8-20(29)28-12-4-7-18(28)21-27-17-13-14(9-10-19(17)30-21)15-5-1-2-6-16(15)22(24,25)26/h1-2,5-6,9-10,13,18H,3-4,7-8,11-12H2/t18-/m1/s1. The molecule has 1 amide bonds. The molecule has 0 radical (unpaired) electrons. The first-order chi connectivity index (χ1) is 14.4. The molecule has 0 saturated carbocycles.